The van der Waals surface area contributed by atoms with E-state index in [0.717, 1.165) is 0 Å². The lowest BCUT2D eigenvalue weighted by Crippen LogP contribution is -2.40. The standard InChI is InChI=1S/C17H16ClNO4S2/c18-15-4-3-13(25-15)12(20)10-23-17(22)11-5-7-19(8-6-11)16(21)14-2-1-9-24-14/h1-4,9,11H,5-8,10H2. The van der Waals surface area contributed by atoms with Crippen LogP contribution in [-0.4, -0.2) is 42.3 Å². The van der Waals surface area contributed by atoms with Crippen molar-refractivity contribution in [1.29, 1.82) is 0 Å². The summed E-state index contributed by atoms with van der Waals surface area (Å²) in [6.07, 6.45) is 1.10. The number of carbonyl (C=O) groups is 3. The van der Waals surface area contributed by atoms with Gasteiger partial charge in [-0.1, -0.05) is 17.7 Å². The van der Waals surface area contributed by atoms with Gasteiger partial charge in [-0.25, -0.2) is 0 Å². The fourth-order valence-electron chi connectivity index (χ4n) is 2.66. The van der Waals surface area contributed by atoms with Gasteiger partial charge in [0.1, 0.15) is 0 Å². The third-order valence-corrected chi connectivity index (χ3v) is 6.17. The average molecular weight is 398 g/mol. The molecule has 0 bridgehead atoms. The molecule has 5 nitrogen and oxygen atoms in total. The van der Waals surface area contributed by atoms with Crippen molar-refractivity contribution in [3.63, 3.8) is 0 Å². The van der Waals surface area contributed by atoms with E-state index in [4.69, 9.17) is 16.3 Å². The number of hydrogen-bond acceptors (Lipinski definition) is 6. The molecule has 2 aromatic rings. The van der Waals surface area contributed by atoms with E-state index in [-0.39, 0.29) is 30.2 Å². The molecule has 0 atom stereocenters. The van der Waals surface area contributed by atoms with Crippen LogP contribution in [0, 0.1) is 5.92 Å². The Labute approximate surface area is 158 Å². The number of carbonyl (C=O) groups excluding carboxylic acids is 3. The summed E-state index contributed by atoms with van der Waals surface area (Å²) in [5.41, 5.74) is 0. The second-order valence-electron chi connectivity index (χ2n) is 5.68. The molecule has 0 N–H and O–H groups in total. The molecule has 2 aromatic heterocycles. The Kier molecular flexibility index (Phi) is 5.88. The third-order valence-electron chi connectivity index (χ3n) is 4.04. The van der Waals surface area contributed by atoms with E-state index in [1.54, 1.807) is 23.1 Å². The molecule has 8 heteroatoms. The fraction of sp³-hybridized carbons (Fsp3) is 0.353. The number of nitrogens with zero attached hydrogens (tertiary/aromatic N) is 1. The number of piperidine rings is 1. The van der Waals surface area contributed by atoms with Gasteiger partial charge >= 0.3 is 5.97 Å². The van der Waals surface area contributed by atoms with Crippen LogP contribution >= 0.6 is 34.3 Å². The predicted molar refractivity (Wildman–Crippen MR) is 97.6 cm³/mol. The summed E-state index contributed by atoms with van der Waals surface area (Å²) in [5, 5.41) is 1.87. The van der Waals surface area contributed by atoms with E-state index in [1.807, 2.05) is 11.4 Å². The van der Waals surface area contributed by atoms with Crippen LogP contribution < -0.4 is 0 Å². The second kappa shape index (κ2) is 8.12. The van der Waals surface area contributed by atoms with Gasteiger partial charge in [0.25, 0.3) is 5.91 Å². The van der Waals surface area contributed by atoms with Crippen molar-refractivity contribution in [1.82, 2.24) is 4.90 Å². The molecule has 25 heavy (non-hydrogen) atoms. The monoisotopic (exact) mass is 397 g/mol. The molecule has 1 aliphatic rings. The lowest BCUT2D eigenvalue weighted by molar-refractivity contribution is -0.148. The average Bonchev–Trinajstić information content (AvgIpc) is 3.30. The van der Waals surface area contributed by atoms with Crippen LogP contribution in [0.25, 0.3) is 0 Å². The van der Waals surface area contributed by atoms with Gasteiger partial charge in [-0.15, -0.1) is 22.7 Å². The Bertz CT molecular complexity index is 763. The topological polar surface area (TPSA) is 63.7 Å². The van der Waals surface area contributed by atoms with Crippen molar-refractivity contribution in [2.24, 2.45) is 5.92 Å². The van der Waals surface area contributed by atoms with Crippen LogP contribution in [0.3, 0.4) is 0 Å². The minimum atomic E-state index is -0.376. The second-order valence-corrected chi connectivity index (χ2v) is 8.34. The van der Waals surface area contributed by atoms with Gasteiger partial charge in [0.2, 0.25) is 5.78 Å². The molecule has 3 rings (SSSR count). The summed E-state index contributed by atoms with van der Waals surface area (Å²) in [6.45, 7) is 0.764. The molecule has 1 fully saturated rings. The van der Waals surface area contributed by atoms with Crippen LogP contribution in [0.2, 0.25) is 4.34 Å². The van der Waals surface area contributed by atoms with Crippen LogP contribution in [0.5, 0.6) is 0 Å². The highest BCUT2D eigenvalue weighted by Crippen LogP contribution is 2.23. The Hall–Kier alpha value is -1.70. The number of esters is 1. The van der Waals surface area contributed by atoms with Crippen molar-refractivity contribution >= 4 is 51.9 Å². The first-order chi connectivity index (χ1) is 12.0. The third kappa shape index (κ3) is 4.48. The van der Waals surface area contributed by atoms with Crippen LogP contribution in [0.4, 0.5) is 0 Å². The van der Waals surface area contributed by atoms with E-state index in [1.165, 1.54) is 22.7 Å². The van der Waals surface area contributed by atoms with Crippen LogP contribution in [-0.2, 0) is 9.53 Å². The van der Waals surface area contributed by atoms with Crippen molar-refractivity contribution in [3.05, 3.63) is 43.7 Å². The first-order valence-electron chi connectivity index (χ1n) is 7.82. The molecular weight excluding hydrogens is 382 g/mol. The van der Waals surface area contributed by atoms with Gasteiger partial charge < -0.3 is 9.64 Å². The molecule has 132 valence electrons. The summed E-state index contributed by atoms with van der Waals surface area (Å²) in [4.78, 5) is 39.3. The summed E-state index contributed by atoms with van der Waals surface area (Å²) in [7, 11) is 0. The molecule has 3 heterocycles. The molecule has 0 saturated carbocycles. The van der Waals surface area contributed by atoms with Crippen LogP contribution in [0.15, 0.2) is 29.6 Å². The molecule has 0 aromatic carbocycles. The zero-order chi connectivity index (χ0) is 17.8. The highest BCUT2D eigenvalue weighted by molar-refractivity contribution is 7.18. The molecular formula is C17H16ClNO4S2. The summed E-state index contributed by atoms with van der Waals surface area (Å²) in [6, 6.07) is 6.91. The Morgan fingerprint density at radius 3 is 2.52 bits per heavy atom. The van der Waals surface area contributed by atoms with Crippen molar-refractivity contribution in [2.75, 3.05) is 19.7 Å². The lowest BCUT2D eigenvalue weighted by atomic mass is 9.97. The number of halogens is 1. The van der Waals surface area contributed by atoms with Gasteiger partial charge in [-0.3, -0.25) is 14.4 Å². The Morgan fingerprint density at radius 1 is 1.16 bits per heavy atom. The number of likely N-dealkylation sites (tertiary alicyclic amines) is 1. The van der Waals surface area contributed by atoms with E-state index >= 15 is 0 Å². The number of thiophene rings is 2. The first-order valence-corrected chi connectivity index (χ1v) is 9.90. The van der Waals surface area contributed by atoms with Gasteiger partial charge in [-0.2, -0.15) is 0 Å². The maximum absolute atomic E-state index is 12.3. The van der Waals surface area contributed by atoms with E-state index in [2.05, 4.69) is 0 Å². The van der Waals surface area contributed by atoms with Crippen molar-refractivity contribution in [2.45, 2.75) is 12.8 Å². The molecule has 0 unspecified atom stereocenters. The molecule has 0 spiro atoms. The zero-order valence-electron chi connectivity index (χ0n) is 13.3. The van der Waals surface area contributed by atoms with Gasteiger partial charge in [-0.05, 0) is 36.4 Å². The smallest absolute Gasteiger partial charge is 0.309 e. The zero-order valence-corrected chi connectivity index (χ0v) is 15.7. The molecule has 1 saturated heterocycles. The molecule has 1 aliphatic heterocycles. The minimum absolute atomic E-state index is 0.00608. The largest absolute Gasteiger partial charge is 0.457 e. The highest BCUT2D eigenvalue weighted by atomic mass is 35.5. The SMILES string of the molecule is O=C(COC(=O)C1CCN(C(=O)c2cccs2)CC1)c1ccc(Cl)s1. The van der Waals surface area contributed by atoms with Crippen molar-refractivity contribution < 1.29 is 19.1 Å². The number of amides is 1. The summed E-state index contributed by atoms with van der Waals surface area (Å²) in [5.74, 6) is -0.895. The number of ether oxygens (including phenoxy) is 1. The van der Waals surface area contributed by atoms with Crippen molar-refractivity contribution in [3.8, 4) is 0 Å². The van der Waals surface area contributed by atoms with E-state index < -0.39 is 0 Å². The normalized spacial score (nSPS) is 15.2. The van der Waals surface area contributed by atoms with Gasteiger partial charge in [0.15, 0.2) is 6.61 Å². The Morgan fingerprint density at radius 2 is 1.92 bits per heavy atom. The predicted octanol–water partition coefficient (Wildman–Crippen LogP) is 3.74. The molecule has 1 amide bonds. The van der Waals surface area contributed by atoms with E-state index in [0.29, 0.717) is 40.0 Å². The fourth-order valence-corrected chi connectivity index (χ4v) is 4.32. The quantitative estimate of drug-likeness (QED) is 0.569. The molecule has 0 aliphatic carbocycles. The maximum atomic E-state index is 12.3. The number of rotatable bonds is 5. The number of Topliss-reactive ketones (excluding diaryl/α,β-unsaturated/α-hetero) is 1. The van der Waals surface area contributed by atoms with Gasteiger partial charge in [0, 0.05) is 13.1 Å². The van der Waals surface area contributed by atoms with Gasteiger partial charge in [0.05, 0.1) is 20.0 Å². The van der Waals surface area contributed by atoms with E-state index in [9.17, 15) is 14.4 Å². The molecule has 0 radical (unpaired) electrons. The maximum Gasteiger partial charge on any atom is 0.309 e. The minimum Gasteiger partial charge on any atom is -0.457 e. The first kappa shape index (κ1) is 18.1. The number of ketones is 1. The highest BCUT2D eigenvalue weighted by Gasteiger charge is 2.29. The summed E-state index contributed by atoms with van der Waals surface area (Å²) < 4.78 is 5.67. The summed E-state index contributed by atoms with van der Waals surface area (Å²) >= 11 is 8.37. The lowest BCUT2D eigenvalue weighted by Gasteiger charge is -2.30. The van der Waals surface area contributed by atoms with Crippen LogP contribution in [0.1, 0.15) is 32.2 Å². The Balaban J connectivity index is 1.45. The number of hydrogen-bond donors (Lipinski definition) is 0.